The van der Waals surface area contributed by atoms with Crippen molar-refractivity contribution in [3.8, 4) is 11.3 Å². The molecule has 0 saturated carbocycles. The quantitative estimate of drug-likeness (QED) is 0.278. The molecule has 0 saturated heterocycles. The number of imidazole rings is 1. The number of rotatable bonds is 7. The van der Waals surface area contributed by atoms with Gasteiger partial charge in [0.1, 0.15) is 11.5 Å². The number of nitrogens with two attached hydrogens (primary N) is 1. The fourth-order valence-corrected chi connectivity index (χ4v) is 2.93. The van der Waals surface area contributed by atoms with Gasteiger partial charge in [0.15, 0.2) is 11.7 Å². The zero-order chi connectivity index (χ0) is 20.8. The standard InChI is InChI=1S/C20H25N9/c1-12-6-5-7-14(13(12)2)15-10-16(29-20(21)28-15)24-8-9-25-18(22-3)17-19(23-4)27-11-26-17/h5-7,10-11,23H,3,8-9H2,1-2,4H3,(H,26,27)(H3,21,24,28,29). The van der Waals surface area contributed by atoms with Gasteiger partial charge in [-0.15, -0.1) is 0 Å². The average molecular weight is 391 g/mol. The maximum atomic E-state index is 5.92. The van der Waals surface area contributed by atoms with Crippen LogP contribution in [0.4, 0.5) is 17.6 Å². The Morgan fingerprint density at radius 1 is 1.28 bits per heavy atom. The van der Waals surface area contributed by atoms with Gasteiger partial charge in [-0.3, -0.25) is 4.99 Å². The van der Waals surface area contributed by atoms with E-state index in [1.165, 1.54) is 11.1 Å². The van der Waals surface area contributed by atoms with Gasteiger partial charge in [0.05, 0.1) is 18.6 Å². The van der Waals surface area contributed by atoms with Gasteiger partial charge in [-0.25, -0.2) is 15.0 Å². The van der Waals surface area contributed by atoms with E-state index in [0.29, 0.717) is 36.3 Å². The van der Waals surface area contributed by atoms with Gasteiger partial charge in [0, 0.05) is 25.2 Å². The summed E-state index contributed by atoms with van der Waals surface area (Å²) in [6, 6.07) is 8.01. The van der Waals surface area contributed by atoms with Crippen LogP contribution in [0.3, 0.4) is 0 Å². The summed E-state index contributed by atoms with van der Waals surface area (Å²) in [7, 11) is 1.79. The van der Waals surface area contributed by atoms with Crippen molar-refractivity contribution >= 4 is 30.1 Å². The van der Waals surface area contributed by atoms with Gasteiger partial charge in [-0.2, -0.15) is 4.98 Å². The van der Waals surface area contributed by atoms with Crippen LogP contribution in [0.5, 0.6) is 0 Å². The number of aliphatic imine (C=N–C) groups is 2. The third-order valence-electron chi connectivity index (χ3n) is 4.55. The first-order valence-electron chi connectivity index (χ1n) is 9.21. The molecule has 0 atom stereocenters. The van der Waals surface area contributed by atoms with Crippen molar-refractivity contribution in [2.75, 3.05) is 36.5 Å². The molecule has 0 radical (unpaired) electrons. The second-order valence-corrected chi connectivity index (χ2v) is 6.41. The molecule has 3 rings (SSSR count). The molecule has 150 valence electrons. The molecular formula is C20H25N9. The SMILES string of the molecule is C=NC(=NCCNc1cc(-c2cccc(C)c2C)nc(N)n1)c1[nH]cnc1NC. The van der Waals surface area contributed by atoms with Crippen molar-refractivity contribution < 1.29 is 0 Å². The number of anilines is 3. The first-order chi connectivity index (χ1) is 14.0. The van der Waals surface area contributed by atoms with Crippen molar-refractivity contribution in [1.82, 2.24) is 19.9 Å². The first kappa shape index (κ1) is 20.0. The lowest BCUT2D eigenvalue weighted by Gasteiger charge is -2.11. The molecule has 0 aliphatic rings. The smallest absolute Gasteiger partial charge is 0.222 e. The van der Waals surface area contributed by atoms with Crippen LogP contribution < -0.4 is 16.4 Å². The highest BCUT2D eigenvalue weighted by Crippen LogP contribution is 2.25. The summed E-state index contributed by atoms with van der Waals surface area (Å²) < 4.78 is 0. The summed E-state index contributed by atoms with van der Waals surface area (Å²) >= 11 is 0. The highest BCUT2D eigenvalue weighted by Gasteiger charge is 2.10. The molecular weight excluding hydrogens is 366 g/mol. The number of aryl methyl sites for hydroxylation is 1. The van der Waals surface area contributed by atoms with Crippen LogP contribution in [0.15, 0.2) is 40.6 Å². The van der Waals surface area contributed by atoms with Crippen LogP contribution >= 0.6 is 0 Å². The fourth-order valence-electron chi connectivity index (χ4n) is 2.93. The second-order valence-electron chi connectivity index (χ2n) is 6.41. The molecule has 9 nitrogen and oxygen atoms in total. The van der Waals surface area contributed by atoms with E-state index in [9.17, 15) is 0 Å². The molecule has 2 aromatic heterocycles. The van der Waals surface area contributed by atoms with Gasteiger partial charge < -0.3 is 21.4 Å². The Morgan fingerprint density at radius 2 is 2.10 bits per heavy atom. The van der Waals surface area contributed by atoms with E-state index in [4.69, 9.17) is 5.73 Å². The number of nitrogens with zero attached hydrogens (tertiary/aromatic N) is 5. The monoisotopic (exact) mass is 391 g/mol. The Balaban J connectivity index is 1.72. The average Bonchev–Trinajstić information content (AvgIpc) is 3.18. The van der Waals surface area contributed by atoms with Gasteiger partial charge in [0.25, 0.3) is 0 Å². The van der Waals surface area contributed by atoms with Crippen molar-refractivity contribution in [2.24, 2.45) is 9.98 Å². The molecule has 2 heterocycles. The summed E-state index contributed by atoms with van der Waals surface area (Å²) in [4.78, 5) is 24.3. The van der Waals surface area contributed by atoms with E-state index in [1.807, 2.05) is 18.2 Å². The summed E-state index contributed by atoms with van der Waals surface area (Å²) in [6.45, 7) is 8.75. The maximum Gasteiger partial charge on any atom is 0.222 e. The molecule has 0 fully saturated rings. The molecule has 0 spiro atoms. The van der Waals surface area contributed by atoms with Crippen LogP contribution in [0.2, 0.25) is 0 Å². The van der Waals surface area contributed by atoms with Crippen LogP contribution in [-0.4, -0.2) is 52.6 Å². The number of amidine groups is 1. The molecule has 9 heteroatoms. The van der Waals surface area contributed by atoms with Crippen molar-refractivity contribution in [2.45, 2.75) is 13.8 Å². The molecule has 1 aromatic carbocycles. The number of nitrogens with one attached hydrogen (secondary N) is 3. The summed E-state index contributed by atoms with van der Waals surface area (Å²) in [6.07, 6.45) is 1.58. The van der Waals surface area contributed by atoms with Gasteiger partial charge in [-0.1, -0.05) is 18.2 Å². The van der Waals surface area contributed by atoms with Crippen molar-refractivity contribution in [1.29, 1.82) is 0 Å². The van der Waals surface area contributed by atoms with Crippen LogP contribution in [0, 0.1) is 13.8 Å². The Morgan fingerprint density at radius 3 is 2.86 bits per heavy atom. The Labute approximate surface area is 169 Å². The predicted molar refractivity (Wildman–Crippen MR) is 119 cm³/mol. The highest BCUT2D eigenvalue weighted by atomic mass is 15.1. The molecule has 3 aromatic rings. The summed E-state index contributed by atoms with van der Waals surface area (Å²) in [5, 5.41) is 6.23. The van der Waals surface area contributed by atoms with E-state index in [-0.39, 0.29) is 5.95 Å². The molecule has 5 N–H and O–H groups in total. The number of nitrogen functional groups attached to an aromatic ring is 1. The minimum atomic E-state index is 0.221. The van der Waals surface area contributed by atoms with Crippen LogP contribution in [-0.2, 0) is 0 Å². The third-order valence-corrected chi connectivity index (χ3v) is 4.55. The Kier molecular flexibility index (Phi) is 6.18. The van der Waals surface area contributed by atoms with Gasteiger partial charge in [-0.05, 0) is 31.7 Å². The molecule has 0 aliphatic carbocycles. The molecule has 0 amide bonds. The van der Waals surface area contributed by atoms with E-state index >= 15 is 0 Å². The van der Waals surface area contributed by atoms with E-state index in [0.717, 1.165) is 11.3 Å². The van der Waals surface area contributed by atoms with E-state index in [1.54, 1.807) is 13.4 Å². The lowest BCUT2D eigenvalue weighted by atomic mass is 10.0. The lowest BCUT2D eigenvalue weighted by Crippen LogP contribution is -2.11. The zero-order valence-electron chi connectivity index (χ0n) is 16.8. The second kappa shape index (κ2) is 8.96. The van der Waals surface area contributed by atoms with Crippen molar-refractivity contribution in [3.63, 3.8) is 0 Å². The van der Waals surface area contributed by atoms with Gasteiger partial charge >= 0.3 is 0 Å². The lowest BCUT2D eigenvalue weighted by molar-refractivity contribution is 1.00. The largest absolute Gasteiger partial charge is 0.371 e. The summed E-state index contributed by atoms with van der Waals surface area (Å²) in [5.74, 6) is 2.03. The van der Waals surface area contributed by atoms with E-state index < -0.39 is 0 Å². The van der Waals surface area contributed by atoms with E-state index in [2.05, 4.69) is 67.2 Å². The maximum absolute atomic E-state index is 5.92. The normalized spacial score (nSPS) is 11.3. The fraction of sp³-hybridized carbons (Fsp3) is 0.250. The minimum absolute atomic E-state index is 0.221. The molecule has 29 heavy (non-hydrogen) atoms. The zero-order valence-corrected chi connectivity index (χ0v) is 16.8. The molecule has 0 unspecified atom stereocenters. The Bertz CT molecular complexity index is 1040. The number of aromatic amines is 1. The van der Waals surface area contributed by atoms with Crippen LogP contribution in [0.25, 0.3) is 11.3 Å². The van der Waals surface area contributed by atoms with Crippen LogP contribution in [0.1, 0.15) is 16.8 Å². The minimum Gasteiger partial charge on any atom is -0.371 e. The number of hydrogen-bond acceptors (Lipinski definition) is 7. The molecule has 0 bridgehead atoms. The predicted octanol–water partition coefficient (Wildman–Crippen LogP) is 2.67. The highest BCUT2D eigenvalue weighted by molar-refractivity contribution is 6.03. The third kappa shape index (κ3) is 4.57. The topological polar surface area (TPSA) is 129 Å². The molecule has 0 aliphatic heterocycles. The number of benzene rings is 1. The van der Waals surface area contributed by atoms with Gasteiger partial charge in [0.2, 0.25) is 5.95 Å². The number of aromatic nitrogens is 4. The number of hydrogen-bond donors (Lipinski definition) is 4. The van der Waals surface area contributed by atoms with Crippen molar-refractivity contribution in [3.05, 3.63) is 47.4 Å². The number of H-pyrrole nitrogens is 1. The first-order valence-corrected chi connectivity index (χ1v) is 9.21. The Hall–Kier alpha value is -3.75. The summed E-state index contributed by atoms with van der Waals surface area (Å²) in [5.41, 5.74) is 10.8.